The Morgan fingerprint density at radius 3 is 2.78 bits per heavy atom. The van der Waals surface area contributed by atoms with Crippen molar-refractivity contribution < 1.29 is 9.53 Å². The molecule has 9 heavy (non-hydrogen) atoms. The van der Waals surface area contributed by atoms with Crippen molar-refractivity contribution in [2.75, 3.05) is 13.7 Å². The molecule has 0 rings (SSSR count). The first-order chi connectivity index (χ1) is 4.31. The lowest BCUT2D eigenvalue weighted by atomic mass is 10.3. The van der Waals surface area contributed by atoms with Gasteiger partial charge < -0.3 is 4.74 Å². The first-order valence-electron chi connectivity index (χ1n) is 3.06. The molecule has 0 unspecified atom stereocenters. The molecule has 3 heteroatoms. The van der Waals surface area contributed by atoms with Crippen LogP contribution in [0.15, 0.2) is 0 Å². The molecule has 0 aromatic heterocycles. The van der Waals surface area contributed by atoms with E-state index >= 15 is 0 Å². The Kier molecular flexibility index (Phi) is 4.97. The number of carbonyl (C=O) groups excluding carboxylic acids is 1. The number of nitrogens with zero attached hydrogens (tertiary/aromatic N) is 1. The minimum absolute atomic E-state index is 0.469. The van der Waals surface area contributed by atoms with Crippen molar-refractivity contribution in [3.63, 3.8) is 0 Å². The number of rotatable bonds is 3. The topological polar surface area (TPSA) is 40.4 Å². The number of hydrogen-bond donors (Lipinski definition) is 0. The van der Waals surface area contributed by atoms with Crippen LogP contribution in [0.25, 0.3) is 0 Å². The monoisotopic (exact) mass is 130 g/mol. The maximum absolute atomic E-state index is 10.3. The summed E-state index contributed by atoms with van der Waals surface area (Å²) in [6.45, 7) is 2.63. The summed E-state index contributed by atoms with van der Waals surface area (Å²) in [6, 6.07) is 0. The molecule has 0 saturated heterocycles. The number of amides is 1. The predicted octanol–water partition coefficient (Wildman–Crippen LogP) is 1.16. The van der Waals surface area contributed by atoms with Gasteiger partial charge in [0.1, 0.15) is 0 Å². The molecular formula is C6H12NO2. The summed E-state index contributed by atoms with van der Waals surface area (Å²) in [6.07, 6.45) is 1.54. The van der Waals surface area contributed by atoms with E-state index < -0.39 is 6.09 Å². The van der Waals surface area contributed by atoms with Gasteiger partial charge in [-0.1, -0.05) is 13.3 Å². The number of carbonyl (C=O) groups is 1. The van der Waals surface area contributed by atoms with E-state index in [2.05, 4.69) is 10.1 Å². The average molecular weight is 130 g/mol. The molecule has 1 radical (unpaired) electrons. The van der Waals surface area contributed by atoms with E-state index in [1.807, 2.05) is 6.92 Å². The first-order valence-corrected chi connectivity index (χ1v) is 3.06. The first kappa shape index (κ1) is 8.27. The summed E-state index contributed by atoms with van der Waals surface area (Å²) >= 11 is 0. The molecule has 0 aromatic rings. The normalized spacial score (nSPS) is 8.67. The highest BCUT2D eigenvalue weighted by Gasteiger charge is 1.96. The van der Waals surface area contributed by atoms with Gasteiger partial charge in [-0.2, -0.15) is 0 Å². The molecule has 0 saturated carbocycles. The van der Waals surface area contributed by atoms with Gasteiger partial charge in [0, 0.05) is 6.54 Å². The van der Waals surface area contributed by atoms with Crippen LogP contribution in [0, 0.1) is 0 Å². The molecule has 0 spiro atoms. The third-order valence-electron chi connectivity index (χ3n) is 0.927. The molecule has 0 atom stereocenters. The van der Waals surface area contributed by atoms with Gasteiger partial charge in [-0.05, 0) is 6.42 Å². The molecular weight excluding hydrogens is 118 g/mol. The van der Waals surface area contributed by atoms with Crippen LogP contribution in [0.1, 0.15) is 19.8 Å². The number of ether oxygens (including phenoxy) is 1. The summed E-state index contributed by atoms with van der Waals surface area (Å²) in [5.41, 5.74) is 0. The van der Waals surface area contributed by atoms with E-state index in [9.17, 15) is 4.79 Å². The maximum Gasteiger partial charge on any atom is 0.428 e. The lowest BCUT2D eigenvalue weighted by molar-refractivity contribution is 0.170. The second kappa shape index (κ2) is 5.41. The van der Waals surface area contributed by atoms with Crippen molar-refractivity contribution in [2.45, 2.75) is 19.8 Å². The molecule has 53 valence electrons. The third kappa shape index (κ3) is 5.14. The van der Waals surface area contributed by atoms with Gasteiger partial charge >= 0.3 is 6.09 Å². The second-order valence-electron chi connectivity index (χ2n) is 1.71. The summed E-state index contributed by atoms with van der Waals surface area (Å²) in [7, 11) is 1.33. The van der Waals surface area contributed by atoms with Crippen LogP contribution >= 0.6 is 0 Å². The standard InChI is InChI=1S/C6H12NO2/c1-3-4-5-7-6(8)9-2/h3-5H2,1-2H3. The largest absolute Gasteiger partial charge is 0.452 e. The number of hydrogen-bond acceptors (Lipinski definition) is 2. The summed E-state index contributed by atoms with van der Waals surface area (Å²) in [4.78, 5) is 10.3. The molecule has 0 aliphatic heterocycles. The maximum atomic E-state index is 10.3. The van der Waals surface area contributed by atoms with Crippen LogP contribution in [-0.4, -0.2) is 19.7 Å². The Morgan fingerprint density at radius 1 is 1.67 bits per heavy atom. The molecule has 0 aliphatic carbocycles. The SMILES string of the molecule is CCCC[N]C(=O)OC. The lowest BCUT2D eigenvalue weighted by Crippen LogP contribution is -2.15. The van der Waals surface area contributed by atoms with Gasteiger partial charge in [0.05, 0.1) is 7.11 Å². The zero-order chi connectivity index (χ0) is 7.11. The second-order valence-corrected chi connectivity index (χ2v) is 1.71. The number of methoxy groups -OCH3 is 1. The van der Waals surface area contributed by atoms with Gasteiger partial charge in [-0.25, -0.2) is 10.1 Å². The highest BCUT2D eigenvalue weighted by atomic mass is 16.5. The Morgan fingerprint density at radius 2 is 2.33 bits per heavy atom. The van der Waals surface area contributed by atoms with Gasteiger partial charge in [0.15, 0.2) is 0 Å². The van der Waals surface area contributed by atoms with Crippen LogP contribution < -0.4 is 5.32 Å². The van der Waals surface area contributed by atoms with Crippen LogP contribution in [0.3, 0.4) is 0 Å². The molecule has 0 N–H and O–H groups in total. The van der Waals surface area contributed by atoms with Crippen LogP contribution in [0.2, 0.25) is 0 Å². The fourth-order valence-corrected chi connectivity index (χ4v) is 0.393. The van der Waals surface area contributed by atoms with E-state index in [4.69, 9.17) is 0 Å². The summed E-state index contributed by atoms with van der Waals surface area (Å²) in [5.74, 6) is 0. The molecule has 0 heterocycles. The van der Waals surface area contributed by atoms with Crippen molar-refractivity contribution in [1.82, 2.24) is 5.32 Å². The van der Waals surface area contributed by atoms with E-state index in [1.54, 1.807) is 0 Å². The van der Waals surface area contributed by atoms with Crippen LogP contribution in [0.4, 0.5) is 4.79 Å². The van der Waals surface area contributed by atoms with Crippen molar-refractivity contribution in [1.29, 1.82) is 0 Å². The van der Waals surface area contributed by atoms with Gasteiger partial charge in [-0.3, -0.25) is 0 Å². The zero-order valence-electron chi connectivity index (χ0n) is 5.89. The quantitative estimate of drug-likeness (QED) is 0.538. The molecule has 0 bridgehead atoms. The molecule has 0 aliphatic rings. The Hall–Kier alpha value is -0.730. The average Bonchev–Trinajstić information content (AvgIpc) is 1.89. The van der Waals surface area contributed by atoms with Crippen LogP contribution in [-0.2, 0) is 4.74 Å². The fourth-order valence-electron chi connectivity index (χ4n) is 0.393. The molecule has 3 nitrogen and oxygen atoms in total. The zero-order valence-corrected chi connectivity index (χ0v) is 5.89. The molecule has 0 aromatic carbocycles. The number of unbranched alkanes of at least 4 members (excludes halogenated alkanes) is 1. The van der Waals surface area contributed by atoms with Gasteiger partial charge in [-0.15, -0.1) is 0 Å². The van der Waals surface area contributed by atoms with Crippen molar-refractivity contribution in [3.8, 4) is 0 Å². The van der Waals surface area contributed by atoms with Crippen molar-refractivity contribution in [3.05, 3.63) is 0 Å². The minimum Gasteiger partial charge on any atom is -0.452 e. The smallest absolute Gasteiger partial charge is 0.428 e. The fraction of sp³-hybridized carbons (Fsp3) is 0.833. The molecule has 1 amide bonds. The van der Waals surface area contributed by atoms with Crippen molar-refractivity contribution in [2.24, 2.45) is 0 Å². The highest BCUT2D eigenvalue weighted by Crippen LogP contribution is 1.84. The summed E-state index contributed by atoms with van der Waals surface area (Å²) in [5, 5.41) is 3.57. The molecule has 0 fully saturated rings. The Labute approximate surface area is 55.4 Å². The van der Waals surface area contributed by atoms with E-state index in [0.717, 1.165) is 12.8 Å². The Balaban J connectivity index is 2.97. The Bertz CT molecular complexity index is 83.1. The predicted molar refractivity (Wildman–Crippen MR) is 34.3 cm³/mol. The van der Waals surface area contributed by atoms with Gasteiger partial charge in [0.2, 0.25) is 0 Å². The lowest BCUT2D eigenvalue weighted by Gasteiger charge is -1.96. The van der Waals surface area contributed by atoms with Crippen molar-refractivity contribution >= 4 is 6.09 Å². The third-order valence-corrected chi connectivity index (χ3v) is 0.927. The van der Waals surface area contributed by atoms with E-state index in [0.29, 0.717) is 6.54 Å². The van der Waals surface area contributed by atoms with Crippen LogP contribution in [0.5, 0.6) is 0 Å². The highest BCUT2D eigenvalue weighted by molar-refractivity contribution is 5.66. The summed E-state index contributed by atoms with van der Waals surface area (Å²) < 4.78 is 4.29. The van der Waals surface area contributed by atoms with Gasteiger partial charge in [0.25, 0.3) is 0 Å². The van der Waals surface area contributed by atoms with E-state index in [1.165, 1.54) is 7.11 Å². The minimum atomic E-state index is -0.469. The van der Waals surface area contributed by atoms with E-state index in [-0.39, 0.29) is 0 Å².